The van der Waals surface area contributed by atoms with Gasteiger partial charge in [0.25, 0.3) is 10.0 Å². The molecule has 0 aliphatic rings. The minimum atomic E-state index is -3.71. The molecule has 0 atom stereocenters. The number of imidazole rings is 1. The molecule has 0 bridgehead atoms. The lowest BCUT2D eigenvalue weighted by molar-refractivity contribution is 0.497. The number of rotatable bonds is 5. The van der Waals surface area contributed by atoms with Crippen molar-refractivity contribution >= 4 is 26.3 Å². The van der Waals surface area contributed by atoms with E-state index in [9.17, 15) is 8.42 Å². The summed E-state index contributed by atoms with van der Waals surface area (Å²) in [5, 5.41) is 5.22. The van der Waals surface area contributed by atoms with Crippen molar-refractivity contribution in [2.24, 2.45) is 0 Å². The number of aromatic nitrogens is 3. The van der Waals surface area contributed by atoms with E-state index in [1.54, 1.807) is 19.1 Å². The minimum Gasteiger partial charge on any atom is -0.468 e. The Balaban J connectivity index is 1.97. The van der Waals surface area contributed by atoms with E-state index in [-0.39, 0.29) is 11.6 Å². The number of sulfonamides is 1. The zero-order valence-electron chi connectivity index (χ0n) is 11.5. The lowest BCUT2D eigenvalue weighted by atomic mass is 10.5. The Kier molecular flexibility index (Phi) is 3.56. The quantitative estimate of drug-likeness (QED) is 0.771. The Hall–Kier alpha value is -1.71. The smallest absolute Gasteiger partial charge is 0.260 e. The molecule has 0 amide bonds. The molecule has 9 heteroatoms. The molecule has 7 nitrogen and oxygen atoms in total. The maximum Gasteiger partial charge on any atom is 0.260 e. The number of hydrogen-bond donors (Lipinski definition) is 1. The van der Waals surface area contributed by atoms with Crippen molar-refractivity contribution in [1.82, 2.24) is 19.3 Å². The van der Waals surface area contributed by atoms with E-state index in [0.717, 1.165) is 11.4 Å². The van der Waals surface area contributed by atoms with Crippen molar-refractivity contribution in [1.29, 1.82) is 0 Å². The van der Waals surface area contributed by atoms with Gasteiger partial charge in [-0.05, 0) is 25.5 Å². The van der Waals surface area contributed by atoms with Crippen molar-refractivity contribution in [3.8, 4) is 0 Å². The van der Waals surface area contributed by atoms with Crippen LogP contribution in [0.4, 0.5) is 0 Å². The number of fused-ring (bicyclic) bond motifs is 1. The highest BCUT2D eigenvalue weighted by Crippen LogP contribution is 2.22. The third kappa shape index (κ3) is 2.59. The summed E-state index contributed by atoms with van der Waals surface area (Å²) in [7, 11) is -3.71. The molecule has 0 fully saturated rings. The summed E-state index contributed by atoms with van der Waals surface area (Å²) < 4.78 is 34.0. The molecule has 0 radical (unpaired) electrons. The first kappa shape index (κ1) is 14.2. The molecule has 0 saturated heterocycles. The van der Waals surface area contributed by atoms with Gasteiger partial charge in [0.05, 0.1) is 18.5 Å². The SMILES string of the molecule is CCc1nn2c(S(=O)(=O)NCc3ccco3)c(C)nc2s1. The highest BCUT2D eigenvalue weighted by molar-refractivity contribution is 7.89. The van der Waals surface area contributed by atoms with Crippen molar-refractivity contribution < 1.29 is 12.8 Å². The average Bonchev–Trinajstić information content (AvgIpc) is 3.10. The van der Waals surface area contributed by atoms with Crippen molar-refractivity contribution in [2.45, 2.75) is 31.8 Å². The van der Waals surface area contributed by atoms with E-state index in [1.807, 2.05) is 6.92 Å². The molecule has 112 valence electrons. The largest absolute Gasteiger partial charge is 0.468 e. The van der Waals surface area contributed by atoms with Crippen LogP contribution in [0.1, 0.15) is 23.4 Å². The van der Waals surface area contributed by atoms with Crippen LogP contribution in [0.3, 0.4) is 0 Å². The van der Waals surface area contributed by atoms with Gasteiger partial charge in [-0.1, -0.05) is 18.3 Å². The minimum absolute atomic E-state index is 0.0833. The van der Waals surface area contributed by atoms with Gasteiger partial charge in [-0.2, -0.15) is 9.61 Å². The summed E-state index contributed by atoms with van der Waals surface area (Å²) in [6.07, 6.45) is 2.24. The van der Waals surface area contributed by atoms with E-state index in [0.29, 0.717) is 16.4 Å². The second-order valence-corrected chi connectivity index (χ2v) is 7.17. The molecule has 0 unspecified atom stereocenters. The molecule has 0 spiro atoms. The Morgan fingerprint density at radius 2 is 2.29 bits per heavy atom. The Labute approximate surface area is 125 Å². The summed E-state index contributed by atoms with van der Waals surface area (Å²) in [6, 6.07) is 3.42. The molecule has 1 N–H and O–H groups in total. The highest BCUT2D eigenvalue weighted by Gasteiger charge is 2.25. The zero-order valence-corrected chi connectivity index (χ0v) is 13.2. The third-order valence-electron chi connectivity index (χ3n) is 2.94. The van der Waals surface area contributed by atoms with Crippen LogP contribution in [-0.4, -0.2) is 23.0 Å². The Bertz CT molecular complexity index is 862. The van der Waals surface area contributed by atoms with Gasteiger partial charge in [-0.25, -0.2) is 18.1 Å². The predicted molar refractivity (Wildman–Crippen MR) is 77.7 cm³/mol. The number of nitrogens with one attached hydrogen (secondary N) is 1. The topological polar surface area (TPSA) is 89.5 Å². The number of aryl methyl sites for hydroxylation is 2. The van der Waals surface area contributed by atoms with Gasteiger partial charge < -0.3 is 4.42 Å². The summed E-state index contributed by atoms with van der Waals surface area (Å²) in [6.45, 7) is 3.72. The van der Waals surface area contributed by atoms with Crippen LogP contribution in [0.25, 0.3) is 4.96 Å². The predicted octanol–water partition coefficient (Wildman–Crippen LogP) is 1.73. The molecule has 3 heterocycles. The molecule has 3 aromatic rings. The first-order valence-electron chi connectivity index (χ1n) is 6.38. The average molecular weight is 326 g/mol. The molecule has 0 aliphatic carbocycles. The van der Waals surface area contributed by atoms with E-state index < -0.39 is 10.0 Å². The summed E-state index contributed by atoms with van der Waals surface area (Å²) >= 11 is 1.39. The maximum atomic E-state index is 12.5. The summed E-state index contributed by atoms with van der Waals surface area (Å²) in [5.41, 5.74) is 0.434. The molecule has 3 aromatic heterocycles. The molecule has 3 rings (SSSR count). The van der Waals surface area contributed by atoms with Crippen molar-refractivity contribution in [3.63, 3.8) is 0 Å². The van der Waals surface area contributed by atoms with Gasteiger partial charge in [0, 0.05) is 0 Å². The number of nitrogens with zero attached hydrogens (tertiary/aromatic N) is 3. The van der Waals surface area contributed by atoms with Crippen LogP contribution in [0.5, 0.6) is 0 Å². The number of furan rings is 1. The van der Waals surface area contributed by atoms with Gasteiger partial charge in [-0.15, -0.1) is 0 Å². The van der Waals surface area contributed by atoms with Crippen LogP contribution in [0.15, 0.2) is 27.8 Å². The van der Waals surface area contributed by atoms with E-state index in [4.69, 9.17) is 4.42 Å². The Morgan fingerprint density at radius 1 is 1.48 bits per heavy atom. The number of hydrogen-bond acceptors (Lipinski definition) is 6. The van der Waals surface area contributed by atoms with Gasteiger partial charge in [0.2, 0.25) is 4.96 Å². The van der Waals surface area contributed by atoms with Gasteiger partial charge in [0.15, 0.2) is 5.03 Å². The fraction of sp³-hybridized carbons (Fsp3) is 0.333. The monoisotopic (exact) mass is 326 g/mol. The first-order valence-corrected chi connectivity index (χ1v) is 8.68. The highest BCUT2D eigenvalue weighted by atomic mass is 32.2. The van der Waals surface area contributed by atoms with Crippen LogP contribution in [-0.2, 0) is 23.0 Å². The lowest BCUT2D eigenvalue weighted by Crippen LogP contribution is -2.25. The third-order valence-corrected chi connectivity index (χ3v) is 5.50. The normalized spacial score (nSPS) is 12.3. The standard InChI is InChI=1S/C12H14N4O3S2/c1-3-10-15-16-11(8(2)14-12(16)20-10)21(17,18)13-7-9-5-4-6-19-9/h4-6,13H,3,7H2,1-2H3. The van der Waals surface area contributed by atoms with Crippen molar-refractivity contribution in [2.75, 3.05) is 0 Å². The Morgan fingerprint density at radius 3 is 2.95 bits per heavy atom. The van der Waals surface area contributed by atoms with E-state index in [2.05, 4.69) is 14.8 Å². The first-order chi connectivity index (χ1) is 10.0. The van der Waals surface area contributed by atoms with Crippen LogP contribution in [0.2, 0.25) is 0 Å². The fourth-order valence-corrected chi connectivity index (χ4v) is 4.16. The van der Waals surface area contributed by atoms with Gasteiger partial charge in [0.1, 0.15) is 10.8 Å². The van der Waals surface area contributed by atoms with Crippen LogP contribution < -0.4 is 4.72 Å². The van der Waals surface area contributed by atoms with Gasteiger partial charge in [-0.3, -0.25) is 0 Å². The fourth-order valence-electron chi connectivity index (χ4n) is 1.97. The maximum absolute atomic E-state index is 12.5. The molecule has 0 saturated carbocycles. The van der Waals surface area contributed by atoms with Crippen LogP contribution >= 0.6 is 11.3 Å². The zero-order chi connectivity index (χ0) is 15.0. The van der Waals surface area contributed by atoms with E-state index in [1.165, 1.54) is 22.1 Å². The van der Waals surface area contributed by atoms with Crippen molar-refractivity contribution in [3.05, 3.63) is 34.9 Å². The second kappa shape index (κ2) is 5.24. The van der Waals surface area contributed by atoms with Crippen LogP contribution in [0, 0.1) is 6.92 Å². The summed E-state index contributed by atoms with van der Waals surface area (Å²) in [4.78, 5) is 4.86. The lowest BCUT2D eigenvalue weighted by Gasteiger charge is -2.04. The molecule has 21 heavy (non-hydrogen) atoms. The molecular weight excluding hydrogens is 312 g/mol. The molecule has 0 aromatic carbocycles. The molecule has 0 aliphatic heterocycles. The van der Waals surface area contributed by atoms with Gasteiger partial charge >= 0.3 is 0 Å². The van der Waals surface area contributed by atoms with E-state index >= 15 is 0 Å². The molecular formula is C12H14N4O3S2. The second-order valence-electron chi connectivity index (χ2n) is 4.45. The summed E-state index contributed by atoms with van der Waals surface area (Å²) in [5.74, 6) is 0.546.